The van der Waals surface area contributed by atoms with E-state index in [1.54, 1.807) is 6.07 Å². The minimum Gasteiger partial charge on any atom is -0.355 e. The van der Waals surface area contributed by atoms with Gasteiger partial charge in [-0.2, -0.15) is 0 Å². The summed E-state index contributed by atoms with van der Waals surface area (Å²) >= 11 is 2.26. The number of piperidine rings is 1. The average Bonchev–Trinajstić information content (AvgIpc) is 2.65. The fourth-order valence-corrected chi connectivity index (χ4v) is 4.04. The molecule has 2 aromatic rings. The molecular formula is C21H25FIN3O. The largest absolute Gasteiger partial charge is 0.355 e. The number of hydrogen-bond acceptors (Lipinski definition) is 3. The van der Waals surface area contributed by atoms with Gasteiger partial charge < -0.3 is 10.6 Å². The van der Waals surface area contributed by atoms with Gasteiger partial charge in [0.2, 0.25) is 0 Å². The maximum atomic E-state index is 13.9. The number of rotatable bonds is 5. The number of nitrogens with zero attached hydrogens (tertiary/aromatic N) is 1. The molecule has 1 unspecified atom stereocenters. The molecule has 4 nitrogen and oxygen atoms in total. The lowest BCUT2D eigenvalue weighted by atomic mass is 10.1. The van der Waals surface area contributed by atoms with Gasteiger partial charge in [-0.25, -0.2) is 4.39 Å². The van der Waals surface area contributed by atoms with Crippen LogP contribution in [-0.2, 0) is 0 Å². The van der Waals surface area contributed by atoms with Gasteiger partial charge in [-0.05, 0) is 91.2 Å². The quantitative estimate of drug-likeness (QED) is 0.588. The van der Waals surface area contributed by atoms with Gasteiger partial charge in [0.15, 0.2) is 0 Å². The van der Waals surface area contributed by atoms with Gasteiger partial charge in [0, 0.05) is 22.3 Å². The van der Waals surface area contributed by atoms with E-state index in [0.29, 0.717) is 11.3 Å². The van der Waals surface area contributed by atoms with Crippen LogP contribution in [-0.4, -0.2) is 30.1 Å². The predicted octanol–water partition coefficient (Wildman–Crippen LogP) is 5.04. The van der Waals surface area contributed by atoms with E-state index in [1.165, 1.54) is 18.6 Å². The molecule has 1 aliphatic heterocycles. The van der Waals surface area contributed by atoms with Gasteiger partial charge in [0.25, 0.3) is 5.91 Å². The number of carbonyl (C=O) groups excluding carboxylic acids is 1. The number of benzene rings is 2. The van der Waals surface area contributed by atoms with Crippen molar-refractivity contribution in [2.75, 3.05) is 18.4 Å². The maximum Gasteiger partial charge on any atom is 0.254 e. The summed E-state index contributed by atoms with van der Waals surface area (Å²) in [7, 11) is 0. The van der Waals surface area contributed by atoms with E-state index >= 15 is 0 Å². The first kappa shape index (κ1) is 20.1. The highest BCUT2D eigenvalue weighted by Crippen LogP contribution is 2.26. The smallest absolute Gasteiger partial charge is 0.254 e. The molecule has 2 aromatic carbocycles. The Morgan fingerprint density at radius 2 is 1.81 bits per heavy atom. The summed E-state index contributed by atoms with van der Waals surface area (Å²) < 4.78 is 15.0. The van der Waals surface area contributed by atoms with Crippen LogP contribution in [0.3, 0.4) is 0 Å². The van der Waals surface area contributed by atoms with Crippen molar-refractivity contribution in [3.63, 3.8) is 0 Å². The van der Waals surface area contributed by atoms with Crippen LogP contribution in [0.25, 0.3) is 0 Å². The Kier molecular flexibility index (Phi) is 6.70. The third-order valence-corrected chi connectivity index (χ3v) is 5.63. The zero-order valence-corrected chi connectivity index (χ0v) is 17.8. The second kappa shape index (κ2) is 9.01. The van der Waals surface area contributed by atoms with Gasteiger partial charge in [0.05, 0.1) is 17.4 Å². The van der Waals surface area contributed by atoms with Gasteiger partial charge >= 0.3 is 0 Å². The third-order valence-electron chi connectivity index (χ3n) is 4.96. The molecule has 1 saturated heterocycles. The highest BCUT2D eigenvalue weighted by Gasteiger charge is 2.21. The van der Waals surface area contributed by atoms with E-state index in [0.717, 1.165) is 40.8 Å². The van der Waals surface area contributed by atoms with Crippen molar-refractivity contribution < 1.29 is 9.18 Å². The summed E-state index contributed by atoms with van der Waals surface area (Å²) in [6.45, 7) is 5.96. The first-order valence-electron chi connectivity index (χ1n) is 9.31. The molecule has 2 N–H and O–H groups in total. The highest BCUT2D eigenvalue weighted by atomic mass is 127. The fourth-order valence-electron chi connectivity index (χ4n) is 3.39. The van der Waals surface area contributed by atoms with E-state index < -0.39 is 5.82 Å². The van der Waals surface area contributed by atoms with Crippen LogP contribution in [0.5, 0.6) is 0 Å². The molecule has 0 aliphatic carbocycles. The Morgan fingerprint density at radius 3 is 2.52 bits per heavy atom. The number of nitrogens with one attached hydrogen (secondary N) is 2. The van der Waals surface area contributed by atoms with Crippen molar-refractivity contribution in [2.45, 2.75) is 39.3 Å². The van der Waals surface area contributed by atoms with Crippen LogP contribution in [0.1, 0.15) is 42.1 Å². The van der Waals surface area contributed by atoms with E-state index in [9.17, 15) is 9.18 Å². The van der Waals surface area contributed by atoms with Crippen molar-refractivity contribution in [1.29, 1.82) is 0 Å². The highest BCUT2D eigenvalue weighted by molar-refractivity contribution is 14.1. The van der Waals surface area contributed by atoms with Crippen LogP contribution in [0, 0.1) is 16.3 Å². The van der Waals surface area contributed by atoms with Crippen LogP contribution >= 0.6 is 22.6 Å². The number of anilines is 2. The van der Waals surface area contributed by atoms with Crippen LogP contribution in [0.4, 0.5) is 15.8 Å². The summed E-state index contributed by atoms with van der Waals surface area (Å²) in [6.07, 6.45) is 3.47. The summed E-state index contributed by atoms with van der Waals surface area (Å²) in [6, 6.07) is 10.3. The molecule has 6 heteroatoms. The van der Waals surface area contributed by atoms with Crippen molar-refractivity contribution in [1.82, 2.24) is 10.2 Å². The van der Waals surface area contributed by atoms with Gasteiger partial charge in [-0.1, -0.05) is 6.42 Å². The van der Waals surface area contributed by atoms with Gasteiger partial charge in [-0.3, -0.25) is 9.69 Å². The van der Waals surface area contributed by atoms with Crippen molar-refractivity contribution in [3.8, 4) is 0 Å². The first-order chi connectivity index (χ1) is 12.9. The molecule has 1 aliphatic rings. The van der Waals surface area contributed by atoms with E-state index in [2.05, 4.69) is 44.2 Å². The molecule has 0 radical (unpaired) electrons. The van der Waals surface area contributed by atoms with E-state index in [1.807, 2.05) is 26.0 Å². The Hall–Kier alpha value is -1.67. The third kappa shape index (κ3) is 5.19. The lowest BCUT2D eigenvalue weighted by Gasteiger charge is -2.32. The molecule has 1 heterocycles. The zero-order chi connectivity index (χ0) is 19.4. The number of carbonyl (C=O) groups is 1. The van der Waals surface area contributed by atoms with Crippen molar-refractivity contribution in [3.05, 3.63) is 56.9 Å². The Morgan fingerprint density at radius 1 is 1.11 bits per heavy atom. The molecule has 0 spiro atoms. The molecule has 1 atom stereocenters. The predicted molar refractivity (Wildman–Crippen MR) is 116 cm³/mol. The van der Waals surface area contributed by atoms with Crippen molar-refractivity contribution >= 4 is 39.9 Å². The number of aryl methyl sites for hydroxylation is 1. The second-order valence-electron chi connectivity index (χ2n) is 7.02. The lowest BCUT2D eigenvalue weighted by molar-refractivity contribution is 0.0840. The molecule has 1 fully saturated rings. The summed E-state index contributed by atoms with van der Waals surface area (Å²) in [4.78, 5) is 15.1. The van der Waals surface area contributed by atoms with E-state index in [4.69, 9.17) is 0 Å². The standard InChI is InChI=1S/C21H25FIN3O/c1-14-12-17(23)7-9-19(14)25-20-8-6-16(22)13-18(20)21(27)24-15(2)26-10-4-3-5-11-26/h6-9,12-13,15,25H,3-5,10-11H2,1-2H3,(H,24,27). The molecular weight excluding hydrogens is 456 g/mol. The Bertz CT molecular complexity index is 821. The minimum absolute atomic E-state index is 0.0750. The van der Waals surface area contributed by atoms with Crippen molar-refractivity contribution in [2.24, 2.45) is 0 Å². The Labute approximate surface area is 173 Å². The van der Waals surface area contributed by atoms with Gasteiger partial charge in [0.1, 0.15) is 5.82 Å². The van der Waals surface area contributed by atoms with E-state index in [-0.39, 0.29) is 12.1 Å². The number of halogens is 2. The normalized spacial score (nSPS) is 16.0. The Balaban J connectivity index is 1.79. The van der Waals surface area contributed by atoms with Crippen LogP contribution in [0.2, 0.25) is 0 Å². The summed E-state index contributed by atoms with van der Waals surface area (Å²) in [5.74, 6) is -0.686. The monoisotopic (exact) mass is 481 g/mol. The maximum absolute atomic E-state index is 13.9. The fraction of sp³-hybridized carbons (Fsp3) is 0.381. The number of amides is 1. The lowest BCUT2D eigenvalue weighted by Crippen LogP contribution is -2.48. The molecule has 0 bridgehead atoms. The number of likely N-dealkylation sites (tertiary alicyclic amines) is 1. The molecule has 0 saturated carbocycles. The van der Waals surface area contributed by atoms with Crippen LogP contribution in [0.15, 0.2) is 36.4 Å². The summed E-state index contributed by atoms with van der Waals surface area (Å²) in [5, 5.41) is 6.31. The summed E-state index contributed by atoms with van der Waals surface area (Å²) in [5.41, 5.74) is 2.89. The first-order valence-corrected chi connectivity index (χ1v) is 10.4. The zero-order valence-electron chi connectivity index (χ0n) is 15.7. The SMILES string of the molecule is Cc1cc(I)ccc1Nc1ccc(F)cc1C(=O)NC(C)N1CCCCC1. The average molecular weight is 481 g/mol. The van der Waals surface area contributed by atoms with Gasteiger partial charge in [-0.15, -0.1) is 0 Å². The molecule has 27 heavy (non-hydrogen) atoms. The molecule has 1 amide bonds. The molecule has 0 aromatic heterocycles. The second-order valence-corrected chi connectivity index (χ2v) is 8.27. The minimum atomic E-state index is -0.421. The topological polar surface area (TPSA) is 44.4 Å². The van der Waals surface area contributed by atoms with Crippen LogP contribution < -0.4 is 10.6 Å². The molecule has 144 valence electrons. The molecule has 3 rings (SSSR count). The number of hydrogen-bond donors (Lipinski definition) is 2.